The summed E-state index contributed by atoms with van der Waals surface area (Å²) >= 11 is 8.79. The maximum Gasteiger partial charge on any atom is 1.00 e. The van der Waals surface area contributed by atoms with Crippen molar-refractivity contribution in [3.63, 3.8) is 0 Å². The molecule has 0 bridgehead atoms. The van der Waals surface area contributed by atoms with Gasteiger partial charge in [0.15, 0.2) is 11.3 Å². The largest absolute Gasteiger partial charge is 1.00 e. The predicted octanol–water partition coefficient (Wildman–Crippen LogP) is 6.42. The summed E-state index contributed by atoms with van der Waals surface area (Å²) in [7, 11) is -7.21. The first kappa shape index (κ1) is 42.9. The second-order valence-electron chi connectivity index (χ2n) is 9.98. The van der Waals surface area contributed by atoms with Crippen molar-refractivity contribution >= 4 is 86.3 Å². The minimum Gasteiger partial charge on any atom is -0.381 e. The first-order chi connectivity index (χ1) is 23.2. The fourth-order valence-electron chi connectivity index (χ4n) is 4.26. The Hall–Kier alpha value is -2.28. The van der Waals surface area contributed by atoms with Gasteiger partial charge in [-0.15, -0.1) is 0 Å². The van der Waals surface area contributed by atoms with E-state index in [0.29, 0.717) is 15.9 Å². The molecule has 0 spiro atoms. The Balaban J connectivity index is 0.000000258. The Labute approximate surface area is 324 Å². The van der Waals surface area contributed by atoms with Gasteiger partial charge in [-0.2, -0.15) is 6.42 Å². The normalized spacial score (nSPS) is 12.1. The zero-order chi connectivity index (χ0) is 35.0. The van der Waals surface area contributed by atoms with E-state index in [1.165, 1.54) is 33.4 Å². The number of unbranched alkanes of at least 4 members (excludes halogenated alkanes) is 1. The number of rotatable bonds is 5. The van der Waals surface area contributed by atoms with Crippen molar-refractivity contribution in [2.45, 2.75) is 42.4 Å². The molecular weight excluding hydrogens is 855 g/mol. The Bertz CT molecular complexity index is 2050. The summed E-state index contributed by atoms with van der Waals surface area (Å²) in [5.74, 6) is 0. The molecule has 1 fully saturated rings. The number of hydrogen-bond donors (Lipinski definition) is 0. The smallest absolute Gasteiger partial charge is 0.381 e. The van der Waals surface area contributed by atoms with Crippen molar-refractivity contribution < 1.29 is 40.4 Å². The summed E-state index contributed by atoms with van der Waals surface area (Å²) in [5, 5.41) is 1.57. The van der Waals surface area contributed by atoms with Crippen LogP contribution in [0.1, 0.15) is 32.6 Å². The molecule has 0 atom stereocenters. The molecule has 0 N–H and O–H groups in total. The average Bonchev–Trinajstić information content (AvgIpc) is 3.92. The molecule has 49 heavy (non-hydrogen) atoms. The van der Waals surface area contributed by atoms with Crippen LogP contribution in [0.2, 0.25) is 0 Å². The summed E-state index contributed by atoms with van der Waals surface area (Å²) in [6.45, 7) is 7.72. The fourth-order valence-corrected chi connectivity index (χ4v) is 7.95. The minimum atomic E-state index is -3.65. The van der Waals surface area contributed by atoms with Crippen molar-refractivity contribution in [3.05, 3.63) is 127 Å². The third-order valence-corrected chi connectivity index (χ3v) is 10.9. The van der Waals surface area contributed by atoms with Gasteiger partial charge in [-0.25, -0.2) is 34.7 Å². The van der Waals surface area contributed by atoms with Crippen molar-refractivity contribution in [1.82, 2.24) is 17.9 Å². The molecule has 9 nitrogen and oxygen atoms in total. The molecule has 4 aromatic heterocycles. The predicted molar refractivity (Wildman–Crippen MR) is 203 cm³/mol. The van der Waals surface area contributed by atoms with E-state index in [-0.39, 0.29) is 28.7 Å². The summed E-state index contributed by atoms with van der Waals surface area (Å²) in [4.78, 5) is 8.76. The van der Waals surface area contributed by atoms with Gasteiger partial charge < -0.3 is 11.7 Å². The molecule has 0 unspecified atom stereocenters. The second-order valence-corrected chi connectivity index (χ2v) is 14.4. The molecule has 1 aliphatic heterocycles. The minimum absolute atomic E-state index is 0. The molecule has 0 radical (unpaired) electrons. The number of ether oxygens (including phenoxy) is 1. The number of halogens is 3. The van der Waals surface area contributed by atoms with E-state index in [4.69, 9.17) is 4.74 Å². The first-order valence-electron chi connectivity index (χ1n) is 14.9. The van der Waals surface area contributed by atoms with Crippen LogP contribution < -0.4 is 18.9 Å². The molecule has 5 heterocycles. The van der Waals surface area contributed by atoms with Gasteiger partial charge >= 0.3 is 18.9 Å². The van der Waals surface area contributed by atoms with Crippen LogP contribution in [0.15, 0.2) is 130 Å². The van der Waals surface area contributed by atoms with Gasteiger partial charge in [0.2, 0.25) is 0 Å². The maximum absolute atomic E-state index is 12.6. The molecule has 15 heteroatoms. The zero-order valence-electron chi connectivity index (χ0n) is 27.2. The van der Waals surface area contributed by atoms with Crippen molar-refractivity contribution in [2.75, 3.05) is 13.2 Å². The van der Waals surface area contributed by atoms with E-state index in [0.717, 1.165) is 30.4 Å². The molecule has 0 saturated carbocycles. The van der Waals surface area contributed by atoms with Gasteiger partial charge in [-0.3, -0.25) is 0 Å². The van der Waals surface area contributed by atoms with Crippen molar-refractivity contribution in [2.24, 2.45) is 0 Å². The standard InChI is InChI=1S/C13H9BrN2O2S.C13H10N2O2S.C4H8O.C4H9.Br2.Li/c14-12-9-10-5-4-8-15-13(10)16(12)19(17,18)11-6-2-1-3-7-11;16-18(17,12-6-2-1-3-7-12)15-10-8-11-5-4-9-14-13(11)15;1-2-4-5-3-1;1-3-4-2;1-2;/h1-9H;1-10H;1-4H2;1,3-4H2,2H3;;/q;;;-1;;+1. The molecule has 6 aromatic rings. The van der Waals surface area contributed by atoms with Crippen LogP contribution in [-0.4, -0.2) is 48.0 Å². The van der Waals surface area contributed by atoms with Gasteiger partial charge in [-0.1, -0.05) is 49.7 Å². The van der Waals surface area contributed by atoms with E-state index in [9.17, 15) is 16.8 Å². The number of aromatic nitrogens is 4. The summed E-state index contributed by atoms with van der Waals surface area (Å²) < 4.78 is 57.9. The average molecular weight is 891 g/mol. The first-order valence-corrected chi connectivity index (χ1v) is 22.3. The van der Waals surface area contributed by atoms with Gasteiger partial charge in [0, 0.05) is 70.8 Å². The topological polar surface area (TPSA) is 113 Å². The number of hydrogen-bond acceptors (Lipinski definition) is 7. The number of benzene rings is 2. The van der Waals surface area contributed by atoms with Crippen LogP contribution >= 0.6 is 44.2 Å². The SMILES string of the molecule is BrBr.C1CCOC1.O=S(=O)(c1ccccc1)n1c(Br)cc2cccnc21.O=S(=O)(c1ccccc1)n1ccc2cccnc21.[CH2-]CCC.[Li+]. The van der Waals surface area contributed by atoms with E-state index in [2.05, 4.69) is 68.0 Å². The van der Waals surface area contributed by atoms with Crippen LogP contribution in [0.25, 0.3) is 22.1 Å². The van der Waals surface area contributed by atoms with Crippen LogP contribution in [0.3, 0.4) is 0 Å². The van der Waals surface area contributed by atoms with E-state index >= 15 is 0 Å². The van der Waals surface area contributed by atoms with Gasteiger partial charge in [-0.05, 0) is 89.4 Å². The van der Waals surface area contributed by atoms with Crippen molar-refractivity contribution in [1.29, 1.82) is 0 Å². The summed E-state index contributed by atoms with van der Waals surface area (Å²) in [6.07, 6.45) is 9.52. The summed E-state index contributed by atoms with van der Waals surface area (Å²) in [5.41, 5.74) is 0.861. The van der Waals surface area contributed by atoms with Crippen LogP contribution in [-0.2, 0) is 24.8 Å². The molecule has 7 rings (SSSR count). The number of pyridine rings is 2. The third kappa shape index (κ3) is 11.6. The Morgan fingerprint density at radius 1 is 0.735 bits per heavy atom. The number of fused-ring (bicyclic) bond motifs is 2. The Morgan fingerprint density at radius 3 is 1.71 bits per heavy atom. The second kappa shape index (κ2) is 21.8. The maximum atomic E-state index is 12.6. The van der Waals surface area contributed by atoms with Gasteiger partial charge in [0.25, 0.3) is 20.0 Å². The molecule has 2 aromatic carbocycles. The molecular formula is C34H36Br3LiN4O5S2. The zero-order valence-corrected chi connectivity index (χ0v) is 33.6. The van der Waals surface area contributed by atoms with E-state index < -0.39 is 20.0 Å². The Morgan fingerprint density at radius 2 is 1.22 bits per heavy atom. The monoisotopic (exact) mass is 888 g/mol. The molecule has 256 valence electrons. The van der Waals surface area contributed by atoms with Crippen LogP contribution in [0.4, 0.5) is 0 Å². The quantitative estimate of drug-likeness (QED) is 0.145. The van der Waals surface area contributed by atoms with E-state index in [1.807, 2.05) is 12.1 Å². The van der Waals surface area contributed by atoms with E-state index in [1.54, 1.807) is 97.3 Å². The molecule has 0 aliphatic carbocycles. The Kier molecular flexibility index (Phi) is 19.1. The van der Waals surface area contributed by atoms with Crippen LogP contribution in [0, 0.1) is 6.92 Å². The third-order valence-electron chi connectivity index (χ3n) is 6.66. The fraction of sp³-hybridized carbons (Fsp3) is 0.206. The van der Waals surface area contributed by atoms with Gasteiger partial charge in [0.05, 0.1) is 9.79 Å². The molecule has 0 amide bonds. The van der Waals surface area contributed by atoms with Gasteiger partial charge in [0.1, 0.15) is 4.60 Å². The molecule has 1 aliphatic rings. The van der Waals surface area contributed by atoms with Crippen LogP contribution in [0.5, 0.6) is 0 Å². The molecule has 1 saturated heterocycles. The summed E-state index contributed by atoms with van der Waals surface area (Å²) in [6, 6.07) is 27.3. The number of nitrogens with zero attached hydrogens (tertiary/aromatic N) is 4. The van der Waals surface area contributed by atoms with Crippen molar-refractivity contribution in [3.8, 4) is 0 Å².